The zero-order valence-corrected chi connectivity index (χ0v) is 11.5. The maximum Gasteiger partial charge on any atom is 0.253 e. The zero-order valence-electron chi connectivity index (χ0n) is 11.5. The van der Waals surface area contributed by atoms with Gasteiger partial charge in [0.15, 0.2) is 0 Å². The van der Waals surface area contributed by atoms with Gasteiger partial charge in [-0.2, -0.15) is 0 Å². The molecule has 1 amide bonds. The molecule has 1 atom stereocenters. The lowest BCUT2D eigenvalue weighted by Crippen LogP contribution is -2.31. The Morgan fingerprint density at radius 1 is 1.21 bits per heavy atom. The van der Waals surface area contributed by atoms with Crippen molar-refractivity contribution in [2.24, 2.45) is 5.73 Å². The van der Waals surface area contributed by atoms with Gasteiger partial charge in [-0.05, 0) is 36.2 Å². The number of nitrogens with two attached hydrogens (primary N) is 1. The smallest absolute Gasteiger partial charge is 0.253 e. The van der Waals surface area contributed by atoms with E-state index in [4.69, 9.17) is 5.73 Å². The van der Waals surface area contributed by atoms with Crippen LogP contribution in [-0.4, -0.2) is 30.4 Å². The molecule has 0 heterocycles. The van der Waals surface area contributed by atoms with Gasteiger partial charge in [0.1, 0.15) is 0 Å². The van der Waals surface area contributed by atoms with Gasteiger partial charge in [-0.1, -0.05) is 30.3 Å². The average molecular weight is 256 g/mol. The second-order valence-electron chi connectivity index (χ2n) is 5.05. The third-order valence-corrected chi connectivity index (χ3v) is 3.26. The molecule has 1 unspecified atom stereocenters. The van der Waals surface area contributed by atoms with Crippen LogP contribution in [0.1, 0.15) is 23.7 Å². The largest absolute Gasteiger partial charge is 0.342 e. The molecule has 3 nitrogen and oxygen atoms in total. The van der Waals surface area contributed by atoms with Gasteiger partial charge in [0.25, 0.3) is 5.91 Å². The average Bonchev–Trinajstić information content (AvgIpc) is 2.43. The maximum atomic E-state index is 12.3. The summed E-state index contributed by atoms with van der Waals surface area (Å²) in [5.74, 6) is 0.0476. The monoisotopic (exact) mass is 256 g/mol. The SMILES string of the molecule is CC(N)CCN(C)C(=O)c1ccc2ccccc2c1. The minimum Gasteiger partial charge on any atom is -0.342 e. The summed E-state index contributed by atoms with van der Waals surface area (Å²) < 4.78 is 0. The molecule has 0 aromatic heterocycles. The molecule has 0 saturated heterocycles. The number of hydrogen-bond donors (Lipinski definition) is 1. The van der Waals surface area contributed by atoms with E-state index in [1.54, 1.807) is 4.90 Å². The van der Waals surface area contributed by atoms with Crippen LogP contribution in [0.5, 0.6) is 0 Å². The fraction of sp³-hybridized carbons (Fsp3) is 0.312. The van der Waals surface area contributed by atoms with Crippen molar-refractivity contribution >= 4 is 16.7 Å². The number of nitrogens with zero attached hydrogens (tertiary/aromatic N) is 1. The van der Waals surface area contributed by atoms with Crippen LogP contribution in [0.2, 0.25) is 0 Å². The highest BCUT2D eigenvalue weighted by Crippen LogP contribution is 2.16. The molecule has 2 aromatic rings. The van der Waals surface area contributed by atoms with Crippen molar-refractivity contribution in [3.05, 3.63) is 48.0 Å². The van der Waals surface area contributed by atoms with Gasteiger partial charge < -0.3 is 10.6 Å². The molecular weight excluding hydrogens is 236 g/mol. The third kappa shape index (κ3) is 3.32. The summed E-state index contributed by atoms with van der Waals surface area (Å²) >= 11 is 0. The van der Waals surface area contributed by atoms with E-state index in [0.29, 0.717) is 6.54 Å². The lowest BCUT2D eigenvalue weighted by molar-refractivity contribution is 0.0792. The number of amides is 1. The predicted octanol–water partition coefficient (Wildman–Crippen LogP) is 2.65. The number of rotatable bonds is 4. The molecule has 3 heteroatoms. The first-order valence-corrected chi connectivity index (χ1v) is 6.58. The van der Waals surface area contributed by atoms with E-state index in [1.807, 2.05) is 56.4 Å². The molecule has 0 aliphatic carbocycles. The first kappa shape index (κ1) is 13.6. The van der Waals surface area contributed by atoms with Crippen LogP contribution in [0.25, 0.3) is 10.8 Å². The number of fused-ring (bicyclic) bond motifs is 1. The van der Waals surface area contributed by atoms with Gasteiger partial charge in [0, 0.05) is 25.2 Å². The standard InChI is InChI=1S/C16H20N2O/c1-12(17)9-10-18(2)16(19)15-8-7-13-5-3-4-6-14(13)11-15/h3-8,11-12H,9-10,17H2,1-2H3. The van der Waals surface area contributed by atoms with Crippen molar-refractivity contribution in [3.8, 4) is 0 Å². The number of carbonyl (C=O) groups is 1. The van der Waals surface area contributed by atoms with E-state index >= 15 is 0 Å². The molecule has 2 aromatic carbocycles. The van der Waals surface area contributed by atoms with Gasteiger partial charge in [0.05, 0.1) is 0 Å². The Balaban J connectivity index is 2.16. The first-order valence-electron chi connectivity index (χ1n) is 6.58. The number of carbonyl (C=O) groups excluding carboxylic acids is 1. The van der Waals surface area contributed by atoms with E-state index < -0.39 is 0 Å². The van der Waals surface area contributed by atoms with E-state index in [1.165, 1.54) is 0 Å². The second-order valence-corrected chi connectivity index (χ2v) is 5.05. The maximum absolute atomic E-state index is 12.3. The van der Waals surface area contributed by atoms with E-state index in [9.17, 15) is 4.79 Å². The molecule has 0 bridgehead atoms. The summed E-state index contributed by atoms with van der Waals surface area (Å²) in [5.41, 5.74) is 6.44. The minimum absolute atomic E-state index is 0.0476. The van der Waals surface area contributed by atoms with Crippen molar-refractivity contribution in [1.29, 1.82) is 0 Å². The molecule has 0 radical (unpaired) electrons. The van der Waals surface area contributed by atoms with Gasteiger partial charge in [-0.15, -0.1) is 0 Å². The Morgan fingerprint density at radius 2 is 1.89 bits per heavy atom. The molecular formula is C16H20N2O. The highest BCUT2D eigenvalue weighted by atomic mass is 16.2. The topological polar surface area (TPSA) is 46.3 Å². The number of hydrogen-bond acceptors (Lipinski definition) is 2. The summed E-state index contributed by atoms with van der Waals surface area (Å²) in [5, 5.41) is 2.24. The summed E-state index contributed by atoms with van der Waals surface area (Å²) in [7, 11) is 1.82. The normalized spacial score (nSPS) is 12.4. The molecule has 0 saturated carbocycles. The lowest BCUT2D eigenvalue weighted by Gasteiger charge is -2.18. The summed E-state index contributed by atoms with van der Waals surface area (Å²) in [6, 6.07) is 14.0. The van der Waals surface area contributed by atoms with Crippen molar-refractivity contribution in [2.45, 2.75) is 19.4 Å². The van der Waals surface area contributed by atoms with Crippen molar-refractivity contribution in [2.75, 3.05) is 13.6 Å². The predicted molar refractivity (Wildman–Crippen MR) is 79.2 cm³/mol. The van der Waals surface area contributed by atoms with Gasteiger partial charge in [-0.3, -0.25) is 4.79 Å². The van der Waals surface area contributed by atoms with Gasteiger partial charge in [-0.25, -0.2) is 0 Å². The summed E-state index contributed by atoms with van der Waals surface area (Å²) in [6.07, 6.45) is 0.815. The lowest BCUT2D eigenvalue weighted by atomic mass is 10.1. The number of benzene rings is 2. The Bertz CT molecular complexity index is 578. The third-order valence-electron chi connectivity index (χ3n) is 3.26. The second kappa shape index (κ2) is 5.85. The highest BCUT2D eigenvalue weighted by Gasteiger charge is 2.12. The fourth-order valence-electron chi connectivity index (χ4n) is 2.04. The van der Waals surface area contributed by atoms with Crippen LogP contribution < -0.4 is 5.73 Å². The highest BCUT2D eigenvalue weighted by molar-refractivity contribution is 5.98. The van der Waals surface area contributed by atoms with Crippen molar-refractivity contribution in [1.82, 2.24) is 4.90 Å². The van der Waals surface area contributed by atoms with Crippen LogP contribution in [0, 0.1) is 0 Å². The molecule has 0 spiro atoms. The summed E-state index contributed by atoms with van der Waals surface area (Å²) in [4.78, 5) is 14.0. The quantitative estimate of drug-likeness (QED) is 0.914. The molecule has 0 aliphatic rings. The van der Waals surface area contributed by atoms with E-state index in [-0.39, 0.29) is 11.9 Å². The Kier molecular flexibility index (Phi) is 4.17. The van der Waals surface area contributed by atoms with Crippen LogP contribution in [0.15, 0.2) is 42.5 Å². The minimum atomic E-state index is 0.0476. The van der Waals surface area contributed by atoms with Crippen LogP contribution >= 0.6 is 0 Å². The van der Waals surface area contributed by atoms with Crippen molar-refractivity contribution in [3.63, 3.8) is 0 Å². The Morgan fingerprint density at radius 3 is 2.58 bits per heavy atom. The molecule has 0 fully saturated rings. The zero-order chi connectivity index (χ0) is 13.8. The molecule has 19 heavy (non-hydrogen) atoms. The molecule has 2 N–H and O–H groups in total. The van der Waals surface area contributed by atoms with Crippen LogP contribution in [-0.2, 0) is 0 Å². The van der Waals surface area contributed by atoms with Crippen LogP contribution in [0.3, 0.4) is 0 Å². The Labute approximate surface area is 114 Å². The molecule has 2 rings (SSSR count). The first-order chi connectivity index (χ1) is 9.08. The van der Waals surface area contributed by atoms with Gasteiger partial charge in [0.2, 0.25) is 0 Å². The molecule has 0 aliphatic heterocycles. The molecule has 100 valence electrons. The van der Waals surface area contributed by atoms with E-state index in [2.05, 4.69) is 0 Å². The van der Waals surface area contributed by atoms with Gasteiger partial charge >= 0.3 is 0 Å². The van der Waals surface area contributed by atoms with E-state index in [0.717, 1.165) is 22.8 Å². The summed E-state index contributed by atoms with van der Waals surface area (Å²) in [6.45, 7) is 2.64. The fourth-order valence-corrected chi connectivity index (χ4v) is 2.04. The van der Waals surface area contributed by atoms with Crippen LogP contribution in [0.4, 0.5) is 0 Å². The van der Waals surface area contributed by atoms with Crippen molar-refractivity contribution < 1.29 is 4.79 Å². The Hall–Kier alpha value is -1.87.